The number of halogens is 1. The summed E-state index contributed by atoms with van der Waals surface area (Å²) >= 11 is 6.61. The minimum atomic E-state index is 0.0881. The quantitative estimate of drug-likeness (QED) is 0.745. The Bertz CT molecular complexity index is 386. The molecule has 0 N–H and O–H groups in total. The molecule has 2 nitrogen and oxygen atoms in total. The molecule has 0 aromatic heterocycles. The highest BCUT2D eigenvalue weighted by Gasteiger charge is 2.23. The van der Waals surface area contributed by atoms with E-state index in [-0.39, 0.29) is 5.38 Å². The van der Waals surface area contributed by atoms with Crippen LogP contribution in [0.25, 0.3) is 0 Å². The van der Waals surface area contributed by atoms with E-state index in [0.29, 0.717) is 5.92 Å². The van der Waals surface area contributed by atoms with Gasteiger partial charge in [0.25, 0.3) is 0 Å². The highest BCUT2D eigenvalue weighted by atomic mass is 35.5. The lowest BCUT2D eigenvalue weighted by Gasteiger charge is -2.26. The molecule has 100 valence electrons. The maximum atomic E-state index is 6.61. The molecule has 0 aliphatic heterocycles. The summed E-state index contributed by atoms with van der Waals surface area (Å²) in [5.41, 5.74) is 1.14. The second kappa shape index (κ2) is 6.33. The molecule has 0 heterocycles. The highest BCUT2D eigenvalue weighted by Crippen LogP contribution is 2.41. The smallest absolute Gasteiger partial charge is 0.161 e. The molecule has 1 unspecified atom stereocenters. The van der Waals surface area contributed by atoms with Crippen LogP contribution in [0.2, 0.25) is 0 Å². The van der Waals surface area contributed by atoms with E-state index < -0.39 is 0 Å². The number of alkyl halides is 1. The summed E-state index contributed by atoms with van der Waals surface area (Å²) < 4.78 is 10.6. The van der Waals surface area contributed by atoms with E-state index in [0.717, 1.165) is 17.1 Å². The van der Waals surface area contributed by atoms with E-state index in [1.54, 1.807) is 14.2 Å². The lowest BCUT2D eigenvalue weighted by molar-refractivity contribution is 0.343. The average molecular weight is 269 g/mol. The zero-order chi connectivity index (χ0) is 13.0. The van der Waals surface area contributed by atoms with Crippen LogP contribution in [-0.2, 0) is 0 Å². The first-order valence-electron chi connectivity index (χ1n) is 6.62. The van der Waals surface area contributed by atoms with E-state index in [2.05, 4.69) is 0 Å². The Morgan fingerprint density at radius 1 is 1.06 bits per heavy atom. The molecule has 0 spiro atoms. The number of ether oxygens (including phenoxy) is 2. The summed E-state index contributed by atoms with van der Waals surface area (Å²) in [4.78, 5) is 0. The molecule has 1 saturated carbocycles. The first-order valence-corrected chi connectivity index (χ1v) is 7.06. The lowest BCUT2D eigenvalue weighted by atomic mass is 9.84. The van der Waals surface area contributed by atoms with Crippen LogP contribution >= 0.6 is 11.6 Å². The van der Waals surface area contributed by atoms with Gasteiger partial charge in [-0.05, 0) is 36.5 Å². The van der Waals surface area contributed by atoms with E-state index >= 15 is 0 Å². The molecule has 1 aliphatic rings. The van der Waals surface area contributed by atoms with E-state index in [4.69, 9.17) is 21.1 Å². The van der Waals surface area contributed by atoms with E-state index in [1.807, 2.05) is 18.2 Å². The van der Waals surface area contributed by atoms with Crippen LogP contribution in [0.3, 0.4) is 0 Å². The zero-order valence-electron chi connectivity index (χ0n) is 11.1. The third-order valence-electron chi connectivity index (χ3n) is 3.79. The molecule has 0 bridgehead atoms. The molecule has 1 aromatic carbocycles. The molecule has 18 heavy (non-hydrogen) atoms. The minimum Gasteiger partial charge on any atom is -0.493 e. The fraction of sp³-hybridized carbons (Fsp3) is 0.600. The van der Waals surface area contributed by atoms with Crippen molar-refractivity contribution in [3.8, 4) is 11.5 Å². The predicted octanol–water partition coefficient (Wildman–Crippen LogP) is 4.56. The number of methoxy groups -OCH3 is 2. The van der Waals surface area contributed by atoms with E-state index in [9.17, 15) is 0 Å². The van der Waals surface area contributed by atoms with E-state index in [1.165, 1.54) is 32.1 Å². The van der Waals surface area contributed by atoms with Gasteiger partial charge in [-0.15, -0.1) is 11.6 Å². The van der Waals surface area contributed by atoms with Crippen molar-refractivity contribution in [2.75, 3.05) is 14.2 Å². The largest absolute Gasteiger partial charge is 0.493 e. The van der Waals surface area contributed by atoms with Crippen molar-refractivity contribution < 1.29 is 9.47 Å². The summed E-state index contributed by atoms with van der Waals surface area (Å²) in [5.74, 6) is 2.11. The molecule has 1 atom stereocenters. The molecule has 2 rings (SSSR count). The highest BCUT2D eigenvalue weighted by molar-refractivity contribution is 6.21. The van der Waals surface area contributed by atoms with Gasteiger partial charge in [0.1, 0.15) is 0 Å². The van der Waals surface area contributed by atoms with Crippen molar-refractivity contribution in [1.82, 2.24) is 0 Å². The van der Waals surface area contributed by atoms with Crippen LogP contribution in [0.15, 0.2) is 18.2 Å². The number of hydrogen-bond acceptors (Lipinski definition) is 2. The first-order chi connectivity index (χ1) is 8.76. The second-order valence-corrected chi connectivity index (χ2v) is 5.38. The van der Waals surface area contributed by atoms with Crippen molar-refractivity contribution in [1.29, 1.82) is 0 Å². The van der Waals surface area contributed by atoms with Crippen LogP contribution < -0.4 is 9.47 Å². The molecule has 1 aromatic rings. The summed E-state index contributed by atoms with van der Waals surface area (Å²) in [7, 11) is 3.31. The summed E-state index contributed by atoms with van der Waals surface area (Å²) in [6, 6.07) is 5.99. The normalized spacial score (nSPS) is 18.4. The van der Waals surface area contributed by atoms with Gasteiger partial charge in [-0.1, -0.05) is 25.3 Å². The predicted molar refractivity (Wildman–Crippen MR) is 74.7 cm³/mol. The fourth-order valence-electron chi connectivity index (χ4n) is 2.72. The van der Waals surface area contributed by atoms with Crippen molar-refractivity contribution in [3.05, 3.63) is 23.8 Å². The molecule has 1 fully saturated rings. The summed E-state index contributed by atoms with van der Waals surface area (Å²) in [6.07, 6.45) is 6.44. The van der Waals surface area contributed by atoms with Gasteiger partial charge in [-0.25, -0.2) is 0 Å². The molecular weight excluding hydrogens is 248 g/mol. The zero-order valence-corrected chi connectivity index (χ0v) is 11.9. The van der Waals surface area contributed by atoms with Crippen LogP contribution in [-0.4, -0.2) is 14.2 Å². The monoisotopic (exact) mass is 268 g/mol. The van der Waals surface area contributed by atoms with Gasteiger partial charge in [0.15, 0.2) is 11.5 Å². The van der Waals surface area contributed by atoms with Gasteiger partial charge in [0, 0.05) is 0 Å². The molecular formula is C15H21ClO2. The minimum absolute atomic E-state index is 0.0881. The Labute approximate surface area is 114 Å². The van der Waals surface area contributed by atoms with Gasteiger partial charge in [0.05, 0.1) is 19.6 Å². The molecule has 0 radical (unpaired) electrons. The standard InChI is InChI=1S/C15H21ClO2/c1-17-13-9-8-12(10-14(13)18-2)15(16)11-6-4-3-5-7-11/h8-11,15H,3-7H2,1-2H3. The van der Waals surface area contributed by atoms with Gasteiger partial charge in [-0.2, -0.15) is 0 Å². The molecule has 0 amide bonds. The number of hydrogen-bond donors (Lipinski definition) is 0. The Morgan fingerprint density at radius 2 is 1.72 bits per heavy atom. The van der Waals surface area contributed by atoms with Gasteiger partial charge >= 0.3 is 0 Å². The average Bonchev–Trinajstić information content (AvgIpc) is 2.46. The number of benzene rings is 1. The fourth-order valence-corrected chi connectivity index (χ4v) is 3.11. The molecule has 0 saturated heterocycles. The Morgan fingerprint density at radius 3 is 2.33 bits per heavy atom. The molecule has 3 heteroatoms. The SMILES string of the molecule is COc1ccc(C(Cl)C2CCCCC2)cc1OC. The van der Waals surface area contributed by atoms with Gasteiger partial charge in [-0.3, -0.25) is 0 Å². The van der Waals surface area contributed by atoms with Crippen LogP contribution in [0.4, 0.5) is 0 Å². The summed E-state index contributed by atoms with van der Waals surface area (Å²) in [5, 5.41) is 0.0881. The maximum Gasteiger partial charge on any atom is 0.161 e. The van der Waals surface area contributed by atoms with Crippen LogP contribution in [0.1, 0.15) is 43.0 Å². The van der Waals surface area contributed by atoms with Crippen molar-refractivity contribution in [2.24, 2.45) is 5.92 Å². The number of rotatable bonds is 4. The van der Waals surface area contributed by atoms with Crippen molar-refractivity contribution in [3.63, 3.8) is 0 Å². The lowest BCUT2D eigenvalue weighted by Crippen LogP contribution is -2.12. The topological polar surface area (TPSA) is 18.5 Å². The second-order valence-electron chi connectivity index (χ2n) is 4.91. The van der Waals surface area contributed by atoms with Crippen molar-refractivity contribution in [2.45, 2.75) is 37.5 Å². The molecule has 1 aliphatic carbocycles. The Hall–Kier alpha value is -0.890. The van der Waals surface area contributed by atoms with Crippen LogP contribution in [0, 0.1) is 5.92 Å². The third-order valence-corrected chi connectivity index (χ3v) is 4.40. The van der Waals surface area contributed by atoms with Crippen molar-refractivity contribution >= 4 is 11.6 Å². The summed E-state index contributed by atoms with van der Waals surface area (Å²) in [6.45, 7) is 0. The van der Waals surface area contributed by atoms with Crippen LogP contribution in [0.5, 0.6) is 11.5 Å². The third kappa shape index (κ3) is 2.92. The van der Waals surface area contributed by atoms with Gasteiger partial charge in [0.2, 0.25) is 0 Å². The Kier molecular flexibility index (Phi) is 4.76. The Balaban J connectivity index is 2.16. The first kappa shape index (κ1) is 13.5. The maximum absolute atomic E-state index is 6.61. The van der Waals surface area contributed by atoms with Gasteiger partial charge < -0.3 is 9.47 Å².